The fourth-order valence-corrected chi connectivity index (χ4v) is 6.61. The number of carbonyl (C=O) groups is 3. The third-order valence-electron chi connectivity index (χ3n) is 8.45. The van der Waals surface area contributed by atoms with Crippen LogP contribution >= 0.6 is 0 Å². The highest BCUT2D eigenvalue weighted by molar-refractivity contribution is 5.96. The molecule has 0 spiro atoms. The van der Waals surface area contributed by atoms with Crippen LogP contribution in [0.3, 0.4) is 0 Å². The number of hydrogen-bond donors (Lipinski definition) is 2. The van der Waals surface area contributed by atoms with Gasteiger partial charge in [0.25, 0.3) is 0 Å². The van der Waals surface area contributed by atoms with Crippen molar-refractivity contribution in [3.63, 3.8) is 0 Å². The maximum atomic E-state index is 12.0. The molecule has 0 heterocycles. The Bertz CT molecular complexity index is 882. The summed E-state index contributed by atoms with van der Waals surface area (Å²) in [6.07, 6.45) is 10.5. The minimum absolute atomic E-state index is 0.0963. The molecule has 0 aromatic heterocycles. The molecule has 0 saturated heterocycles. The van der Waals surface area contributed by atoms with Crippen LogP contribution in [0.1, 0.15) is 46.0 Å². The number of aliphatic hydroxyl groups excluding tert-OH is 1. The topological polar surface area (TPSA) is 101 Å². The normalized spacial score (nSPS) is 40.5. The van der Waals surface area contributed by atoms with Crippen molar-refractivity contribution in [1.29, 1.82) is 0 Å². The molecule has 6 heteroatoms. The highest BCUT2D eigenvalue weighted by Crippen LogP contribution is 2.63. The summed E-state index contributed by atoms with van der Waals surface area (Å²) in [4.78, 5) is 35.7. The average molecular weight is 414 g/mol. The van der Waals surface area contributed by atoms with Crippen LogP contribution in [0.2, 0.25) is 0 Å². The van der Waals surface area contributed by atoms with Crippen LogP contribution in [-0.2, 0) is 19.1 Å². The largest absolute Gasteiger partial charge is 0.481 e. The molecular formula is C24H30O6. The van der Waals surface area contributed by atoms with Crippen LogP contribution < -0.4 is 0 Å². The van der Waals surface area contributed by atoms with Crippen molar-refractivity contribution in [2.45, 2.75) is 52.1 Å². The molecule has 0 aliphatic heterocycles. The number of ether oxygens (including phenoxy) is 1. The molecule has 0 radical (unpaired) electrons. The van der Waals surface area contributed by atoms with Crippen LogP contribution in [0.25, 0.3) is 0 Å². The number of hydrogen-bond acceptors (Lipinski definition) is 5. The lowest BCUT2D eigenvalue weighted by Gasteiger charge is -2.51. The van der Waals surface area contributed by atoms with E-state index in [4.69, 9.17) is 4.74 Å². The van der Waals surface area contributed by atoms with Gasteiger partial charge < -0.3 is 14.9 Å². The van der Waals surface area contributed by atoms with Crippen LogP contribution in [0.4, 0.5) is 0 Å². The van der Waals surface area contributed by atoms with E-state index in [9.17, 15) is 24.6 Å². The van der Waals surface area contributed by atoms with Crippen molar-refractivity contribution in [2.75, 3.05) is 7.11 Å². The van der Waals surface area contributed by atoms with Gasteiger partial charge in [0, 0.05) is 11.3 Å². The lowest BCUT2D eigenvalue weighted by molar-refractivity contribution is -0.158. The molecular weight excluding hydrogens is 384 g/mol. The van der Waals surface area contributed by atoms with Crippen molar-refractivity contribution in [1.82, 2.24) is 0 Å². The predicted octanol–water partition coefficient (Wildman–Crippen LogP) is 3.07. The molecule has 0 aromatic rings. The molecule has 4 rings (SSSR count). The molecule has 0 aromatic carbocycles. The van der Waals surface area contributed by atoms with Gasteiger partial charge in [0.15, 0.2) is 11.7 Å². The Hall–Kier alpha value is -2.21. The van der Waals surface area contributed by atoms with Gasteiger partial charge >= 0.3 is 11.9 Å². The van der Waals surface area contributed by atoms with Gasteiger partial charge in [-0.15, -0.1) is 0 Å². The van der Waals surface area contributed by atoms with Crippen LogP contribution in [0.15, 0.2) is 35.5 Å². The predicted molar refractivity (Wildman–Crippen MR) is 109 cm³/mol. The summed E-state index contributed by atoms with van der Waals surface area (Å²) in [5.41, 5.74) is 1.80. The second-order valence-corrected chi connectivity index (χ2v) is 9.84. The van der Waals surface area contributed by atoms with E-state index in [1.165, 1.54) is 12.7 Å². The highest BCUT2D eigenvalue weighted by atomic mass is 16.5. The zero-order chi connectivity index (χ0) is 21.8. The van der Waals surface area contributed by atoms with E-state index >= 15 is 0 Å². The number of methoxy groups -OCH3 is 1. The minimum atomic E-state index is -1.13. The van der Waals surface area contributed by atoms with E-state index in [0.29, 0.717) is 18.8 Å². The first-order valence-corrected chi connectivity index (χ1v) is 10.7. The first kappa shape index (κ1) is 21.0. The Kier molecular flexibility index (Phi) is 5.04. The Labute approximate surface area is 176 Å². The maximum absolute atomic E-state index is 12.0. The third kappa shape index (κ3) is 2.99. The Morgan fingerprint density at radius 1 is 1.30 bits per heavy atom. The number of ketones is 1. The third-order valence-corrected chi connectivity index (χ3v) is 8.45. The summed E-state index contributed by atoms with van der Waals surface area (Å²) in [5.74, 6) is -2.48. The van der Waals surface area contributed by atoms with Gasteiger partial charge in [-0.2, -0.15) is 0 Å². The second kappa shape index (κ2) is 7.19. The fraction of sp³-hybridized carbons (Fsp3) is 0.625. The van der Waals surface area contributed by atoms with E-state index < -0.39 is 24.0 Å². The molecule has 2 unspecified atom stereocenters. The molecule has 1 saturated carbocycles. The summed E-state index contributed by atoms with van der Waals surface area (Å²) in [6, 6.07) is 0. The summed E-state index contributed by atoms with van der Waals surface area (Å²) < 4.78 is 4.73. The van der Waals surface area contributed by atoms with E-state index in [1.807, 2.05) is 6.08 Å². The van der Waals surface area contributed by atoms with E-state index in [0.717, 1.165) is 24.8 Å². The van der Waals surface area contributed by atoms with Gasteiger partial charge in [0.05, 0.1) is 7.11 Å². The number of fused-ring (bicyclic) bond motifs is 5. The van der Waals surface area contributed by atoms with Crippen LogP contribution in [0, 0.1) is 34.5 Å². The van der Waals surface area contributed by atoms with Gasteiger partial charge in [0.2, 0.25) is 0 Å². The highest BCUT2D eigenvalue weighted by Gasteiger charge is 2.56. The molecule has 0 amide bonds. The smallest absolute Gasteiger partial charge is 0.320 e. The van der Waals surface area contributed by atoms with E-state index in [1.54, 1.807) is 6.08 Å². The molecule has 4 aliphatic rings. The number of carbonyl (C=O) groups excluding carboxylic acids is 2. The average Bonchev–Trinajstić information content (AvgIpc) is 3.02. The molecule has 4 aliphatic carbocycles. The van der Waals surface area contributed by atoms with E-state index in [-0.39, 0.29) is 28.4 Å². The molecule has 0 bridgehead atoms. The Morgan fingerprint density at radius 3 is 2.70 bits per heavy atom. The Morgan fingerprint density at radius 2 is 2.03 bits per heavy atom. The number of aliphatic hydroxyl groups is 1. The van der Waals surface area contributed by atoms with Gasteiger partial charge in [-0.25, -0.2) is 0 Å². The molecule has 7 atom stereocenters. The number of carboxylic acids is 1. The SMILES string of the molecule is COC(=O)C(C[C@H]1CC[C@H]2[C@@H]3C=CC4=CC(=O)C(O)C[C@]4(C)C3=CC[C@]12C)C(=O)O. The second-order valence-electron chi connectivity index (χ2n) is 9.84. The molecule has 2 N–H and O–H groups in total. The molecule has 6 nitrogen and oxygen atoms in total. The summed E-state index contributed by atoms with van der Waals surface area (Å²) in [5, 5.41) is 19.8. The minimum Gasteiger partial charge on any atom is -0.481 e. The fourth-order valence-electron chi connectivity index (χ4n) is 6.61. The van der Waals surface area contributed by atoms with Gasteiger partial charge in [-0.05, 0) is 61.0 Å². The van der Waals surface area contributed by atoms with Crippen LogP contribution in [-0.4, -0.2) is 41.1 Å². The number of rotatable bonds is 4. The summed E-state index contributed by atoms with van der Waals surface area (Å²) >= 11 is 0. The van der Waals surface area contributed by atoms with Crippen molar-refractivity contribution in [2.24, 2.45) is 34.5 Å². The standard InChI is InChI=1S/C24H30O6/c1-23-9-8-18-15(6-4-14-11-19(25)20(26)12-24(14,18)2)17(23)7-5-13(23)10-16(21(27)28)22(29)30-3/h4,6,8,11,13,15-17,20,26H,5,7,9-10,12H2,1-3H3,(H,27,28)/t13-,15+,16?,17+,20?,23-,24+/m1/s1. The maximum Gasteiger partial charge on any atom is 0.320 e. The molecule has 162 valence electrons. The molecule has 1 fully saturated rings. The van der Waals surface area contributed by atoms with Crippen LogP contribution in [0.5, 0.6) is 0 Å². The Balaban J connectivity index is 1.65. The summed E-state index contributed by atoms with van der Waals surface area (Å²) in [7, 11) is 1.23. The van der Waals surface area contributed by atoms with Gasteiger partial charge in [-0.1, -0.05) is 37.6 Å². The number of allylic oxidation sites excluding steroid dienone is 5. The summed E-state index contributed by atoms with van der Waals surface area (Å²) in [6.45, 7) is 4.34. The quantitative estimate of drug-likeness (QED) is 0.417. The van der Waals surface area contributed by atoms with Crippen molar-refractivity contribution in [3.8, 4) is 0 Å². The first-order chi connectivity index (χ1) is 14.1. The lowest BCUT2D eigenvalue weighted by atomic mass is 9.52. The molecule has 30 heavy (non-hydrogen) atoms. The lowest BCUT2D eigenvalue weighted by Crippen LogP contribution is -2.45. The zero-order valence-electron chi connectivity index (χ0n) is 17.8. The van der Waals surface area contributed by atoms with Crippen molar-refractivity contribution >= 4 is 17.7 Å². The monoisotopic (exact) mass is 414 g/mol. The van der Waals surface area contributed by atoms with E-state index in [2.05, 4.69) is 26.0 Å². The van der Waals surface area contributed by atoms with Crippen molar-refractivity contribution in [3.05, 3.63) is 35.5 Å². The van der Waals surface area contributed by atoms with Gasteiger partial charge in [0.1, 0.15) is 6.10 Å². The number of esters is 1. The number of aliphatic carboxylic acids is 1. The first-order valence-electron chi connectivity index (χ1n) is 10.7. The number of carboxylic acid groups (broad SMARTS) is 1. The van der Waals surface area contributed by atoms with Crippen molar-refractivity contribution < 1.29 is 29.3 Å². The van der Waals surface area contributed by atoms with Gasteiger partial charge in [-0.3, -0.25) is 14.4 Å². The zero-order valence-corrected chi connectivity index (χ0v) is 17.8.